The smallest absolute Gasteiger partial charge is 0.262 e. The van der Waals surface area contributed by atoms with E-state index in [-0.39, 0.29) is 65.7 Å². The van der Waals surface area contributed by atoms with E-state index in [2.05, 4.69) is 58.7 Å². The highest BCUT2D eigenvalue weighted by Gasteiger charge is 2.45. The van der Waals surface area contributed by atoms with E-state index < -0.39 is 29.7 Å². The summed E-state index contributed by atoms with van der Waals surface area (Å²) in [6.45, 7) is 4.60. The van der Waals surface area contributed by atoms with Gasteiger partial charge >= 0.3 is 0 Å². The lowest BCUT2D eigenvalue weighted by molar-refractivity contribution is -0.136. The molecule has 53 heavy (non-hydrogen) atoms. The number of Topliss-reactive ketones (excluding diaryl/α,β-unsaturated/α-hetero) is 1. The van der Waals surface area contributed by atoms with Crippen LogP contribution < -0.4 is 20.1 Å². The fourth-order valence-corrected chi connectivity index (χ4v) is 7.13. The lowest BCUT2D eigenvalue weighted by Gasteiger charge is -2.36. The average Bonchev–Trinajstić information content (AvgIpc) is 3.97. The second kappa shape index (κ2) is 13.6. The van der Waals surface area contributed by atoms with Crippen LogP contribution in [0.25, 0.3) is 0 Å². The Balaban J connectivity index is 0.819. The van der Waals surface area contributed by atoms with E-state index in [1.54, 1.807) is 30.5 Å². The van der Waals surface area contributed by atoms with Crippen LogP contribution in [0.15, 0.2) is 79.0 Å². The van der Waals surface area contributed by atoms with Crippen LogP contribution in [0.4, 0.5) is 5.69 Å². The van der Waals surface area contributed by atoms with Gasteiger partial charge in [0.2, 0.25) is 17.6 Å². The van der Waals surface area contributed by atoms with Crippen LogP contribution in [0.1, 0.15) is 101 Å². The van der Waals surface area contributed by atoms with Crippen molar-refractivity contribution < 1.29 is 33.4 Å². The molecule has 2 N–H and O–H groups in total. The first-order valence-corrected chi connectivity index (χ1v) is 18.0. The summed E-state index contributed by atoms with van der Waals surface area (Å²) in [7, 11) is 0. The van der Waals surface area contributed by atoms with Gasteiger partial charge in [-0.05, 0) is 78.9 Å². The number of nitrogens with zero attached hydrogens (tertiary/aromatic N) is 3. The summed E-state index contributed by atoms with van der Waals surface area (Å²) in [5.74, 6) is -0.213. The van der Waals surface area contributed by atoms with E-state index in [1.807, 2.05) is 24.3 Å². The van der Waals surface area contributed by atoms with Crippen molar-refractivity contribution in [3.63, 3.8) is 0 Å². The number of nitrogens with one attached hydrogen (secondary N) is 2. The number of carbonyl (C=O) groups is 5. The third-order valence-corrected chi connectivity index (χ3v) is 10.6. The monoisotopic (exact) mass is 713 g/mol. The van der Waals surface area contributed by atoms with Crippen LogP contribution in [-0.2, 0) is 21.6 Å². The maximum atomic E-state index is 13.2. The molecule has 270 valence electrons. The Hall–Kier alpha value is -5.91. The van der Waals surface area contributed by atoms with Gasteiger partial charge in [-0.2, -0.15) is 0 Å². The molecule has 1 aromatic heterocycles. The lowest BCUT2D eigenvalue weighted by atomic mass is 9.78. The number of amides is 4. The van der Waals surface area contributed by atoms with Crippen molar-refractivity contribution in [3.8, 4) is 11.5 Å². The molecule has 4 amide bonds. The number of carbonyl (C=O) groups excluding carboxylic acids is 5. The van der Waals surface area contributed by atoms with Gasteiger partial charge in [0.15, 0.2) is 5.82 Å². The summed E-state index contributed by atoms with van der Waals surface area (Å²) >= 11 is 0. The SMILES string of the molecule is CC(C)(c1ccc(OCc2ccnc(C(=O)C3CC3)n2)cc1)c1ccc(O[C@H]2C[C@H](Nc3ccc4c(c3)C(=O)N(C3CCC(=O)NC3=O)C4=O)C2)cc1. The molecule has 12 nitrogen and oxygen atoms in total. The predicted molar refractivity (Wildman–Crippen MR) is 193 cm³/mol. The molecule has 2 aliphatic carbocycles. The maximum absolute atomic E-state index is 13.2. The molecule has 0 spiro atoms. The number of hydrogen-bond acceptors (Lipinski definition) is 10. The van der Waals surface area contributed by atoms with E-state index in [9.17, 15) is 24.0 Å². The summed E-state index contributed by atoms with van der Waals surface area (Å²) in [6.07, 6.45) is 5.21. The molecule has 0 bridgehead atoms. The summed E-state index contributed by atoms with van der Waals surface area (Å²) in [4.78, 5) is 71.9. The van der Waals surface area contributed by atoms with Crippen molar-refractivity contribution in [2.24, 2.45) is 5.92 Å². The van der Waals surface area contributed by atoms with Crippen molar-refractivity contribution >= 4 is 35.1 Å². The Morgan fingerprint density at radius 2 is 1.55 bits per heavy atom. The number of imide groups is 2. The van der Waals surface area contributed by atoms with Crippen LogP contribution in [-0.4, -0.2) is 62.5 Å². The first kappa shape index (κ1) is 34.2. The Kier molecular flexibility index (Phi) is 8.76. The molecule has 3 heterocycles. The highest BCUT2D eigenvalue weighted by molar-refractivity contribution is 6.23. The Labute approximate surface area is 306 Å². The first-order valence-electron chi connectivity index (χ1n) is 18.0. The van der Waals surface area contributed by atoms with Crippen LogP contribution in [0.2, 0.25) is 0 Å². The summed E-state index contributed by atoms with van der Waals surface area (Å²) in [5.41, 5.74) is 3.89. The molecule has 4 aromatic rings. The molecule has 4 aliphatic rings. The molecule has 3 fully saturated rings. The van der Waals surface area contributed by atoms with Gasteiger partial charge < -0.3 is 14.8 Å². The molecular weight excluding hydrogens is 674 g/mol. The third-order valence-electron chi connectivity index (χ3n) is 10.6. The number of benzene rings is 3. The largest absolute Gasteiger partial charge is 0.490 e. The van der Waals surface area contributed by atoms with E-state index in [0.717, 1.165) is 47.5 Å². The minimum atomic E-state index is -0.990. The lowest BCUT2D eigenvalue weighted by Crippen LogP contribution is -2.54. The molecule has 1 saturated heterocycles. The zero-order valence-electron chi connectivity index (χ0n) is 29.5. The van der Waals surface area contributed by atoms with Crippen LogP contribution in [0.3, 0.4) is 0 Å². The first-order chi connectivity index (χ1) is 25.5. The highest BCUT2D eigenvalue weighted by atomic mass is 16.5. The molecule has 3 aromatic carbocycles. The minimum Gasteiger partial charge on any atom is -0.490 e. The normalized spacial score (nSPS) is 21.1. The number of rotatable bonds is 12. The van der Waals surface area contributed by atoms with Gasteiger partial charge in [0.1, 0.15) is 30.3 Å². The fourth-order valence-electron chi connectivity index (χ4n) is 7.13. The van der Waals surface area contributed by atoms with Gasteiger partial charge in [-0.15, -0.1) is 0 Å². The number of anilines is 1. The third kappa shape index (κ3) is 6.88. The molecule has 1 unspecified atom stereocenters. The van der Waals surface area contributed by atoms with E-state index in [1.165, 1.54) is 0 Å². The van der Waals surface area contributed by atoms with Crippen LogP contribution in [0, 0.1) is 5.92 Å². The Bertz CT molecular complexity index is 2120. The quantitative estimate of drug-likeness (QED) is 0.144. The number of ketones is 1. The second-order valence-electron chi connectivity index (χ2n) is 14.7. The van der Waals surface area contributed by atoms with Crippen LogP contribution in [0.5, 0.6) is 11.5 Å². The standard InChI is InChI=1S/C41H39N5O7/c1-41(2,24-5-10-29(11-6-24)52-22-27-17-18-42-37(44-27)36(48)23-3-4-23)25-7-12-30(13-8-25)53-31-19-28(20-31)43-26-9-14-32-33(21-26)40(51)46(39(32)50)34-15-16-35(47)45-38(34)49/h5-14,17-18,21,23,28,31,34,43H,3-4,15-16,19-20,22H2,1-2H3,(H,45,47,49)/t28-,31-,34?. The molecule has 0 radical (unpaired) electrons. The van der Waals surface area contributed by atoms with Crippen molar-refractivity contribution in [3.05, 3.63) is 113 Å². The van der Waals surface area contributed by atoms with E-state index >= 15 is 0 Å². The topological polar surface area (TPSA) is 157 Å². The molecule has 1 atom stereocenters. The van der Waals surface area contributed by atoms with Crippen LogP contribution >= 0.6 is 0 Å². The molecular formula is C41H39N5O7. The van der Waals surface area contributed by atoms with E-state index in [0.29, 0.717) is 17.1 Å². The molecule has 8 rings (SSSR count). The highest BCUT2D eigenvalue weighted by Crippen LogP contribution is 2.36. The van der Waals surface area contributed by atoms with Gasteiger partial charge in [-0.1, -0.05) is 38.1 Å². The summed E-state index contributed by atoms with van der Waals surface area (Å²) < 4.78 is 12.2. The Morgan fingerprint density at radius 3 is 2.23 bits per heavy atom. The van der Waals surface area contributed by atoms with E-state index in [4.69, 9.17) is 9.47 Å². The number of ether oxygens (including phenoxy) is 2. The number of fused-ring (bicyclic) bond motifs is 1. The van der Waals surface area contributed by atoms with Crippen molar-refractivity contribution in [2.45, 2.75) is 82.6 Å². The molecule has 2 aliphatic heterocycles. The van der Waals surface area contributed by atoms with Gasteiger partial charge in [-0.25, -0.2) is 9.97 Å². The van der Waals surface area contributed by atoms with Crippen molar-refractivity contribution in [2.75, 3.05) is 5.32 Å². The number of piperidine rings is 1. The summed E-state index contributed by atoms with van der Waals surface area (Å²) in [5, 5.41) is 5.65. The average molecular weight is 714 g/mol. The van der Waals surface area contributed by atoms with Gasteiger partial charge in [0, 0.05) is 48.5 Å². The molecule has 12 heteroatoms. The van der Waals surface area contributed by atoms with Crippen molar-refractivity contribution in [1.82, 2.24) is 20.2 Å². The van der Waals surface area contributed by atoms with Gasteiger partial charge in [0.25, 0.3) is 11.8 Å². The predicted octanol–water partition coefficient (Wildman–Crippen LogP) is 5.40. The minimum absolute atomic E-state index is 0.0138. The number of hydrogen-bond donors (Lipinski definition) is 2. The Morgan fingerprint density at radius 1 is 0.868 bits per heavy atom. The second-order valence-corrected chi connectivity index (χ2v) is 14.7. The van der Waals surface area contributed by atoms with Crippen molar-refractivity contribution in [1.29, 1.82) is 0 Å². The van der Waals surface area contributed by atoms with Gasteiger partial charge in [-0.3, -0.25) is 34.2 Å². The number of aromatic nitrogens is 2. The van der Waals surface area contributed by atoms with Gasteiger partial charge in [0.05, 0.1) is 16.8 Å². The molecule has 2 saturated carbocycles. The summed E-state index contributed by atoms with van der Waals surface area (Å²) in [6, 6.07) is 22.1. The zero-order valence-corrected chi connectivity index (χ0v) is 29.5. The fraction of sp³-hybridized carbons (Fsp3) is 0.341. The zero-order chi connectivity index (χ0) is 36.9. The maximum Gasteiger partial charge on any atom is 0.262 e.